The van der Waals surface area contributed by atoms with Crippen molar-refractivity contribution in [2.75, 3.05) is 0 Å². The van der Waals surface area contributed by atoms with Crippen molar-refractivity contribution in [2.24, 2.45) is 10.9 Å². The van der Waals surface area contributed by atoms with E-state index in [0.717, 1.165) is 4.47 Å². The summed E-state index contributed by atoms with van der Waals surface area (Å²) in [5.74, 6) is 0.674. The van der Waals surface area contributed by atoms with Crippen molar-refractivity contribution in [3.8, 4) is 11.6 Å². The molecule has 0 aliphatic heterocycles. The van der Waals surface area contributed by atoms with Gasteiger partial charge in [0.2, 0.25) is 5.88 Å². The Morgan fingerprint density at radius 3 is 2.89 bits per heavy atom. The summed E-state index contributed by atoms with van der Waals surface area (Å²) < 4.78 is 6.37. The average molecular weight is 309 g/mol. The lowest BCUT2D eigenvalue weighted by atomic mass is 10.3. The minimum Gasteiger partial charge on any atom is -0.437 e. The highest BCUT2D eigenvalue weighted by molar-refractivity contribution is 9.10. The van der Waals surface area contributed by atoms with E-state index in [2.05, 4.69) is 31.1 Å². The van der Waals surface area contributed by atoms with Crippen LogP contribution in [0.2, 0.25) is 0 Å². The second kappa shape index (κ2) is 5.46. The highest BCUT2D eigenvalue weighted by Gasteiger charge is 2.12. The third kappa shape index (κ3) is 2.57. The van der Waals surface area contributed by atoms with Gasteiger partial charge >= 0.3 is 0 Å². The Labute approximate surface area is 111 Å². The quantitative estimate of drug-likeness (QED) is 0.392. The molecule has 0 aliphatic carbocycles. The molecule has 2 rings (SSSR count). The Bertz CT molecular complexity index is 589. The second-order valence-electron chi connectivity index (χ2n) is 3.26. The van der Waals surface area contributed by atoms with Crippen LogP contribution in [0.25, 0.3) is 0 Å². The van der Waals surface area contributed by atoms with Gasteiger partial charge in [0.15, 0.2) is 5.84 Å². The molecule has 0 saturated heterocycles. The molecule has 7 heteroatoms. The number of aromatic nitrogens is 2. The van der Waals surface area contributed by atoms with Crippen LogP contribution < -0.4 is 10.5 Å². The van der Waals surface area contributed by atoms with Gasteiger partial charge in [0.25, 0.3) is 0 Å². The van der Waals surface area contributed by atoms with E-state index in [9.17, 15) is 0 Å². The van der Waals surface area contributed by atoms with Gasteiger partial charge < -0.3 is 15.7 Å². The molecule has 0 radical (unpaired) electrons. The number of ether oxygens (including phenoxy) is 1. The monoisotopic (exact) mass is 308 g/mol. The molecule has 0 bridgehead atoms. The van der Waals surface area contributed by atoms with Crippen LogP contribution in [0.5, 0.6) is 11.6 Å². The lowest BCUT2D eigenvalue weighted by Crippen LogP contribution is -2.15. The van der Waals surface area contributed by atoms with Gasteiger partial charge in [0.1, 0.15) is 17.6 Å². The lowest BCUT2D eigenvalue weighted by Gasteiger charge is -2.09. The standard InChI is InChI=1S/C11H9BrN4O2/c12-8-3-1-2-4-9(8)18-11-7(10(13)16-17)5-14-6-15-11/h1-6,17H,(H2,13,16). The molecule has 3 N–H and O–H groups in total. The van der Waals surface area contributed by atoms with Crippen LogP contribution in [0.15, 0.2) is 46.4 Å². The first-order valence-electron chi connectivity index (χ1n) is 4.92. The van der Waals surface area contributed by atoms with E-state index in [-0.39, 0.29) is 11.7 Å². The number of oxime groups is 1. The fraction of sp³-hybridized carbons (Fsp3) is 0. The maximum atomic E-state index is 8.68. The van der Waals surface area contributed by atoms with Crippen LogP contribution in [-0.4, -0.2) is 21.0 Å². The SMILES string of the molecule is N/C(=N/O)c1cncnc1Oc1ccccc1Br. The van der Waals surface area contributed by atoms with Gasteiger partial charge in [-0.15, -0.1) is 0 Å². The largest absolute Gasteiger partial charge is 0.437 e. The number of amidine groups is 1. The van der Waals surface area contributed by atoms with Crippen LogP contribution in [0.4, 0.5) is 0 Å². The van der Waals surface area contributed by atoms with Crippen molar-refractivity contribution in [2.45, 2.75) is 0 Å². The zero-order valence-corrected chi connectivity index (χ0v) is 10.7. The molecule has 2 aromatic rings. The summed E-state index contributed by atoms with van der Waals surface area (Å²) in [5.41, 5.74) is 5.83. The van der Waals surface area contributed by atoms with Gasteiger partial charge in [-0.2, -0.15) is 0 Å². The number of hydrogen-bond donors (Lipinski definition) is 2. The summed E-state index contributed by atoms with van der Waals surface area (Å²) >= 11 is 3.35. The van der Waals surface area contributed by atoms with Crippen molar-refractivity contribution >= 4 is 21.8 Å². The predicted molar refractivity (Wildman–Crippen MR) is 68.8 cm³/mol. The van der Waals surface area contributed by atoms with E-state index >= 15 is 0 Å². The number of benzene rings is 1. The molecule has 18 heavy (non-hydrogen) atoms. The van der Waals surface area contributed by atoms with Crippen molar-refractivity contribution in [3.05, 3.63) is 46.8 Å². The van der Waals surface area contributed by atoms with Gasteiger partial charge in [-0.25, -0.2) is 9.97 Å². The molecular formula is C11H9BrN4O2. The minimum atomic E-state index is -0.113. The molecule has 6 nitrogen and oxygen atoms in total. The first-order chi connectivity index (χ1) is 8.72. The average Bonchev–Trinajstić information content (AvgIpc) is 2.41. The Kier molecular flexibility index (Phi) is 3.73. The predicted octanol–water partition coefficient (Wildman–Crippen LogP) is 2.13. The van der Waals surface area contributed by atoms with Crippen LogP contribution >= 0.6 is 15.9 Å². The van der Waals surface area contributed by atoms with Gasteiger partial charge in [-0.05, 0) is 28.1 Å². The maximum absolute atomic E-state index is 8.68. The number of nitrogens with two attached hydrogens (primary N) is 1. The van der Waals surface area contributed by atoms with Gasteiger partial charge in [-0.1, -0.05) is 17.3 Å². The normalized spacial score (nSPS) is 11.3. The highest BCUT2D eigenvalue weighted by Crippen LogP contribution is 2.29. The molecule has 0 amide bonds. The molecule has 0 spiro atoms. The number of hydrogen-bond acceptors (Lipinski definition) is 5. The lowest BCUT2D eigenvalue weighted by molar-refractivity contribution is 0.318. The first kappa shape index (κ1) is 12.3. The van der Waals surface area contributed by atoms with Crippen LogP contribution in [0.1, 0.15) is 5.56 Å². The number of para-hydroxylation sites is 1. The Hall–Kier alpha value is -2.15. The molecular weight excluding hydrogens is 300 g/mol. The summed E-state index contributed by atoms with van der Waals surface area (Å²) in [6, 6.07) is 7.29. The zero-order valence-electron chi connectivity index (χ0n) is 9.12. The number of nitrogens with zero attached hydrogens (tertiary/aromatic N) is 3. The summed E-state index contributed by atoms with van der Waals surface area (Å²) in [6.07, 6.45) is 2.73. The third-order valence-corrected chi connectivity index (χ3v) is 2.76. The van der Waals surface area contributed by atoms with Crippen molar-refractivity contribution in [3.63, 3.8) is 0 Å². The van der Waals surface area contributed by atoms with Crippen molar-refractivity contribution in [1.82, 2.24) is 9.97 Å². The molecule has 1 aromatic carbocycles. The van der Waals surface area contributed by atoms with Gasteiger partial charge in [-0.3, -0.25) is 0 Å². The fourth-order valence-electron chi connectivity index (χ4n) is 1.26. The van der Waals surface area contributed by atoms with Gasteiger partial charge in [0.05, 0.1) is 4.47 Å². The summed E-state index contributed by atoms with van der Waals surface area (Å²) in [7, 11) is 0. The molecule has 0 fully saturated rings. The van der Waals surface area contributed by atoms with E-state index in [0.29, 0.717) is 11.3 Å². The van der Waals surface area contributed by atoms with Crippen LogP contribution in [0.3, 0.4) is 0 Å². The first-order valence-corrected chi connectivity index (χ1v) is 5.72. The second-order valence-corrected chi connectivity index (χ2v) is 4.11. The molecule has 1 heterocycles. The maximum Gasteiger partial charge on any atom is 0.233 e. The molecule has 0 atom stereocenters. The number of rotatable bonds is 3. The zero-order chi connectivity index (χ0) is 13.0. The van der Waals surface area contributed by atoms with Crippen molar-refractivity contribution < 1.29 is 9.94 Å². The molecule has 1 aromatic heterocycles. The Morgan fingerprint density at radius 1 is 1.39 bits per heavy atom. The van der Waals surface area contributed by atoms with E-state index in [1.165, 1.54) is 12.5 Å². The molecule has 0 unspecified atom stereocenters. The summed E-state index contributed by atoms with van der Waals surface area (Å²) in [5, 5.41) is 11.6. The summed E-state index contributed by atoms with van der Waals surface area (Å²) in [6.45, 7) is 0. The summed E-state index contributed by atoms with van der Waals surface area (Å²) in [4.78, 5) is 7.76. The Balaban J connectivity index is 2.38. The number of halogens is 1. The van der Waals surface area contributed by atoms with E-state index in [1.54, 1.807) is 6.07 Å². The third-order valence-electron chi connectivity index (χ3n) is 2.10. The minimum absolute atomic E-state index is 0.113. The smallest absolute Gasteiger partial charge is 0.233 e. The Morgan fingerprint density at radius 2 is 2.17 bits per heavy atom. The highest BCUT2D eigenvalue weighted by atomic mass is 79.9. The topological polar surface area (TPSA) is 93.6 Å². The molecule has 0 aliphatic rings. The molecule has 0 saturated carbocycles. The van der Waals surface area contributed by atoms with E-state index in [4.69, 9.17) is 15.7 Å². The van der Waals surface area contributed by atoms with E-state index < -0.39 is 0 Å². The molecule has 92 valence electrons. The fourth-order valence-corrected chi connectivity index (χ4v) is 1.63. The van der Waals surface area contributed by atoms with Gasteiger partial charge in [0, 0.05) is 6.20 Å². The van der Waals surface area contributed by atoms with E-state index in [1.807, 2.05) is 18.2 Å². The van der Waals surface area contributed by atoms with Crippen LogP contribution in [-0.2, 0) is 0 Å². The van der Waals surface area contributed by atoms with Crippen LogP contribution in [0, 0.1) is 0 Å². The van der Waals surface area contributed by atoms with Crippen molar-refractivity contribution in [1.29, 1.82) is 0 Å².